The molecule has 1 atom stereocenters. The first kappa shape index (κ1) is 15.3. The minimum Gasteiger partial charge on any atom is -0.495 e. The Kier molecular flexibility index (Phi) is 5.05. The molecule has 1 aromatic carbocycles. The van der Waals surface area contributed by atoms with Crippen LogP contribution in [0, 0.1) is 0 Å². The van der Waals surface area contributed by atoms with Gasteiger partial charge < -0.3 is 15.6 Å². The van der Waals surface area contributed by atoms with Gasteiger partial charge in [-0.05, 0) is 52.7 Å². The molecule has 20 heavy (non-hydrogen) atoms. The minimum atomic E-state index is -0.911. The van der Waals surface area contributed by atoms with Gasteiger partial charge in [0.05, 0.1) is 17.5 Å². The molecule has 0 bridgehead atoms. The highest BCUT2D eigenvalue weighted by Crippen LogP contribution is 2.40. The Morgan fingerprint density at radius 1 is 1.45 bits per heavy atom. The number of halogens is 1. The van der Waals surface area contributed by atoms with Crippen molar-refractivity contribution >= 4 is 21.9 Å². The number of nitrogens with two attached hydrogens (primary N) is 1. The molecule has 1 aliphatic carbocycles. The number of methoxy groups -OCH3 is 1. The van der Waals surface area contributed by atoms with E-state index in [-0.39, 0.29) is 6.54 Å². The number of carbonyl (C=O) groups is 1. The normalized spacial score (nSPS) is 16.1. The highest BCUT2D eigenvalue weighted by molar-refractivity contribution is 9.10. The van der Waals surface area contributed by atoms with E-state index in [2.05, 4.69) is 15.9 Å². The number of carboxylic acids is 1. The molecule has 0 radical (unpaired) electrons. The van der Waals surface area contributed by atoms with Gasteiger partial charge >= 0.3 is 5.97 Å². The van der Waals surface area contributed by atoms with Crippen LogP contribution in [-0.4, -0.2) is 24.7 Å². The summed E-state index contributed by atoms with van der Waals surface area (Å²) in [5.74, 6) is -1.02. The van der Waals surface area contributed by atoms with Crippen molar-refractivity contribution in [3.8, 4) is 5.75 Å². The lowest BCUT2D eigenvalue weighted by atomic mass is 9.92. The van der Waals surface area contributed by atoms with Crippen molar-refractivity contribution in [2.75, 3.05) is 13.7 Å². The molecular weight excluding hydrogens is 322 g/mol. The molecule has 4 nitrogen and oxygen atoms in total. The van der Waals surface area contributed by atoms with Crippen molar-refractivity contribution in [2.24, 2.45) is 5.73 Å². The van der Waals surface area contributed by atoms with Crippen LogP contribution in [0.2, 0.25) is 0 Å². The fraction of sp³-hybridized carbons (Fsp3) is 0.533. The van der Waals surface area contributed by atoms with Gasteiger partial charge in [-0.25, -0.2) is 0 Å². The average molecular weight is 342 g/mol. The Labute approximate surface area is 127 Å². The third-order valence-corrected chi connectivity index (χ3v) is 4.77. The van der Waals surface area contributed by atoms with Gasteiger partial charge in [-0.15, -0.1) is 0 Å². The van der Waals surface area contributed by atoms with Crippen LogP contribution in [0.25, 0.3) is 0 Å². The van der Waals surface area contributed by atoms with Crippen LogP contribution in [0.15, 0.2) is 10.5 Å². The summed E-state index contributed by atoms with van der Waals surface area (Å²) in [6, 6.07) is 1.98. The fourth-order valence-corrected chi connectivity index (χ4v) is 3.70. The first-order chi connectivity index (χ1) is 9.60. The van der Waals surface area contributed by atoms with Crippen LogP contribution in [0.4, 0.5) is 0 Å². The summed E-state index contributed by atoms with van der Waals surface area (Å²) >= 11 is 3.60. The van der Waals surface area contributed by atoms with Crippen molar-refractivity contribution < 1.29 is 14.6 Å². The first-order valence-electron chi connectivity index (χ1n) is 6.91. The number of benzene rings is 1. The average Bonchev–Trinajstić information content (AvgIpc) is 2.65. The summed E-state index contributed by atoms with van der Waals surface area (Å²) in [6.45, 7) is 0.0664. The SMILES string of the molecule is COc1c(C(CN)C(=O)O)cc2c(c1Br)CCCCC2. The van der Waals surface area contributed by atoms with E-state index in [4.69, 9.17) is 10.5 Å². The highest BCUT2D eigenvalue weighted by Gasteiger charge is 2.26. The fourth-order valence-electron chi connectivity index (χ4n) is 2.86. The van der Waals surface area contributed by atoms with Gasteiger partial charge in [-0.1, -0.05) is 12.5 Å². The Bertz CT molecular complexity index is 516. The van der Waals surface area contributed by atoms with Crippen LogP contribution in [-0.2, 0) is 17.6 Å². The smallest absolute Gasteiger partial charge is 0.312 e. The molecule has 0 saturated heterocycles. The molecule has 0 fully saturated rings. The molecular formula is C15H20BrNO3. The second kappa shape index (κ2) is 6.59. The standard InChI is InChI=1S/C15H20BrNO3/c1-20-14-11(12(8-17)15(18)19)7-9-5-3-2-4-6-10(9)13(14)16/h7,12H,2-6,8,17H2,1H3,(H,18,19). The molecule has 1 unspecified atom stereocenters. The second-order valence-electron chi connectivity index (χ2n) is 5.14. The third-order valence-electron chi connectivity index (χ3n) is 3.93. The second-order valence-corrected chi connectivity index (χ2v) is 5.93. The van der Waals surface area contributed by atoms with Gasteiger partial charge in [-0.2, -0.15) is 0 Å². The molecule has 0 spiro atoms. The van der Waals surface area contributed by atoms with Gasteiger partial charge in [0.25, 0.3) is 0 Å². The van der Waals surface area contributed by atoms with Gasteiger partial charge in [-0.3, -0.25) is 4.79 Å². The Balaban J connectivity index is 2.59. The van der Waals surface area contributed by atoms with E-state index in [0.717, 1.165) is 30.2 Å². The van der Waals surface area contributed by atoms with E-state index < -0.39 is 11.9 Å². The van der Waals surface area contributed by atoms with E-state index in [1.165, 1.54) is 17.5 Å². The Morgan fingerprint density at radius 3 is 2.75 bits per heavy atom. The monoisotopic (exact) mass is 341 g/mol. The quantitative estimate of drug-likeness (QED) is 0.826. The number of carboxylic acid groups (broad SMARTS) is 1. The summed E-state index contributed by atoms with van der Waals surface area (Å²) in [5, 5.41) is 9.35. The van der Waals surface area contributed by atoms with Crippen molar-refractivity contribution in [1.82, 2.24) is 0 Å². The minimum absolute atomic E-state index is 0.0664. The van der Waals surface area contributed by atoms with Crippen LogP contribution < -0.4 is 10.5 Å². The molecule has 110 valence electrons. The molecule has 0 aromatic heterocycles. The van der Waals surface area contributed by atoms with Gasteiger partial charge in [0, 0.05) is 12.1 Å². The maximum absolute atomic E-state index is 11.4. The zero-order chi connectivity index (χ0) is 14.7. The summed E-state index contributed by atoms with van der Waals surface area (Å²) in [6.07, 6.45) is 5.51. The predicted molar refractivity (Wildman–Crippen MR) is 81.4 cm³/mol. The topological polar surface area (TPSA) is 72.5 Å². The maximum atomic E-state index is 11.4. The molecule has 1 aliphatic rings. The molecule has 0 aliphatic heterocycles. The summed E-state index contributed by atoms with van der Waals surface area (Å²) < 4.78 is 6.35. The van der Waals surface area contributed by atoms with E-state index in [0.29, 0.717) is 11.3 Å². The lowest BCUT2D eigenvalue weighted by molar-refractivity contribution is -0.138. The summed E-state index contributed by atoms with van der Waals surface area (Å²) in [5.41, 5.74) is 8.79. The highest BCUT2D eigenvalue weighted by atomic mass is 79.9. The van der Waals surface area contributed by atoms with Crippen molar-refractivity contribution in [1.29, 1.82) is 0 Å². The maximum Gasteiger partial charge on any atom is 0.312 e. The number of aliphatic carboxylic acids is 1. The lowest BCUT2D eigenvalue weighted by Crippen LogP contribution is -2.22. The zero-order valence-electron chi connectivity index (χ0n) is 11.6. The largest absolute Gasteiger partial charge is 0.495 e. The summed E-state index contributed by atoms with van der Waals surface area (Å²) in [4.78, 5) is 11.4. The number of fused-ring (bicyclic) bond motifs is 1. The lowest BCUT2D eigenvalue weighted by Gasteiger charge is -2.20. The van der Waals surface area contributed by atoms with E-state index in [1.807, 2.05) is 6.07 Å². The molecule has 0 amide bonds. The molecule has 0 saturated carbocycles. The number of ether oxygens (including phenoxy) is 1. The zero-order valence-corrected chi connectivity index (χ0v) is 13.2. The summed E-state index contributed by atoms with van der Waals surface area (Å²) in [7, 11) is 1.57. The van der Waals surface area contributed by atoms with Gasteiger partial charge in [0.15, 0.2) is 0 Å². The van der Waals surface area contributed by atoms with Crippen molar-refractivity contribution in [3.63, 3.8) is 0 Å². The third kappa shape index (κ3) is 2.83. The Morgan fingerprint density at radius 2 is 2.15 bits per heavy atom. The van der Waals surface area contributed by atoms with E-state index in [1.54, 1.807) is 7.11 Å². The predicted octanol–water partition coefficient (Wildman–Crippen LogP) is 2.85. The van der Waals surface area contributed by atoms with Gasteiger partial charge in [0.2, 0.25) is 0 Å². The van der Waals surface area contributed by atoms with Gasteiger partial charge in [0.1, 0.15) is 5.75 Å². The molecule has 2 rings (SSSR count). The molecule has 5 heteroatoms. The van der Waals surface area contributed by atoms with Crippen LogP contribution in [0.3, 0.4) is 0 Å². The van der Waals surface area contributed by atoms with Crippen LogP contribution in [0.5, 0.6) is 5.75 Å². The number of hydrogen-bond donors (Lipinski definition) is 2. The number of rotatable bonds is 4. The van der Waals surface area contributed by atoms with E-state index in [9.17, 15) is 9.90 Å². The molecule has 3 N–H and O–H groups in total. The number of hydrogen-bond acceptors (Lipinski definition) is 3. The molecule has 1 aromatic rings. The van der Waals surface area contributed by atoms with Crippen molar-refractivity contribution in [3.05, 3.63) is 27.2 Å². The number of aryl methyl sites for hydroxylation is 1. The Hall–Kier alpha value is -1.07. The molecule has 0 heterocycles. The van der Waals surface area contributed by atoms with Crippen molar-refractivity contribution in [2.45, 2.75) is 38.0 Å². The van der Waals surface area contributed by atoms with E-state index >= 15 is 0 Å². The van der Waals surface area contributed by atoms with Crippen LogP contribution >= 0.6 is 15.9 Å². The van der Waals surface area contributed by atoms with Crippen LogP contribution in [0.1, 0.15) is 41.9 Å². The first-order valence-corrected chi connectivity index (χ1v) is 7.70.